The van der Waals surface area contributed by atoms with Crippen LogP contribution in [0.15, 0.2) is 48.8 Å². The van der Waals surface area contributed by atoms with Crippen LogP contribution in [-0.2, 0) is 4.74 Å². The number of hydrogen-bond acceptors (Lipinski definition) is 2. The number of imidazole rings is 1. The molecule has 1 unspecified atom stereocenters. The molecule has 3 nitrogen and oxygen atoms in total. The molecule has 1 aliphatic heterocycles. The summed E-state index contributed by atoms with van der Waals surface area (Å²) in [4.78, 5) is 4.46. The summed E-state index contributed by atoms with van der Waals surface area (Å²) >= 11 is 0. The molecule has 0 spiro atoms. The summed E-state index contributed by atoms with van der Waals surface area (Å²) in [5, 5.41) is 0. The van der Waals surface area contributed by atoms with Gasteiger partial charge in [-0.2, -0.15) is 0 Å². The summed E-state index contributed by atoms with van der Waals surface area (Å²) in [5.74, 6) is 1.90. The molecule has 1 atom stereocenters. The van der Waals surface area contributed by atoms with Gasteiger partial charge in [0.2, 0.25) is 0 Å². The third kappa shape index (κ3) is 3.02. The van der Waals surface area contributed by atoms with Gasteiger partial charge in [-0.05, 0) is 18.9 Å². The summed E-state index contributed by atoms with van der Waals surface area (Å²) in [5.41, 5.74) is 1.15. The Morgan fingerprint density at radius 2 is 2.05 bits per heavy atom. The fraction of sp³-hybridized carbons (Fsp3) is 0.389. The molecule has 1 aliphatic rings. The first-order chi connectivity index (χ1) is 10.4. The summed E-state index contributed by atoms with van der Waals surface area (Å²) in [6, 6.07) is 10.3. The van der Waals surface area contributed by atoms with Crippen molar-refractivity contribution in [1.82, 2.24) is 9.55 Å². The third-order valence-corrected chi connectivity index (χ3v) is 3.86. The maximum absolute atomic E-state index is 6.13. The zero-order valence-electron chi connectivity index (χ0n) is 12.5. The van der Waals surface area contributed by atoms with Gasteiger partial charge in [-0.3, -0.25) is 4.57 Å². The van der Waals surface area contributed by atoms with Gasteiger partial charge in [-0.25, -0.2) is 4.98 Å². The first-order valence-corrected chi connectivity index (χ1v) is 7.85. The monoisotopic (exact) mass is 282 g/mol. The predicted molar refractivity (Wildman–Crippen MR) is 84.6 cm³/mol. The van der Waals surface area contributed by atoms with Gasteiger partial charge in [0, 0.05) is 18.0 Å². The first kappa shape index (κ1) is 13.9. The molecule has 0 radical (unpaired) electrons. The van der Waals surface area contributed by atoms with Gasteiger partial charge in [-0.15, -0.1) is 0 Å². The summed E-state index contributed by atoms with van der Waals surface area (Å²) in [7, 11) is 0. The van der Waals surface area contributed by atoms with Crippen molar-refractivity contribution < 1.29 is 4.74 Å². The zero-order valence-corrected chi connectivity index (χ0v) is 12.5. The molecule has 0 aliphatic carbocycles. The van der Waals surface area contributed by atoms with E-state index >= 15 is 0 Å². The molecular weight excluding hydrogens is 260 g/mol. The largest absolute Gasteiger partial charge is 0.462 e. The Hall–Kier alpha value is -2.03. The van der Waals surface area contributed by atoms with E-state index in [4.69, 9.17) is 4.74 Å². The van der Waals surface area contributed by atoms with Crippen LogP contribution >= 0.6 is 0 Å². The minimum atomic E-state index is -0.0805. The number of allylic oxidation sites excluding steroid dienone is 1. The van der Waals surface area contributed by atoms with Crippen molar-refractivity contribution in [1.29, 1.82) is 0 Å². The van der Waals surface area contributed by atoms with Crippen LogP contribution in [0.5, 0.6) is 0 Å². The molecule has 0 saturated heterocycles. The normalized spacial score (nSPS) is 18.7. The SMILES string of the molecule is CCCCCC/C=C1\OC(c2ccccc2)c2nccn21. The van der Waals surface area contributed by atoms with Gasteiger partial charge in [0.05, 0.1) is 0 Å². The highest BCUT2D eigenvalue weighted by Gasteiger charge is 2.30. The lowest BCUT2D eigenvalue weighted by Gasteiger charge is -2.09. The molecule has 2 aromatic rings. The molecule has 0 amide bonds. The van der Waals surface area contributed by atoms with E-state index in [0.29, 0.717) is 0 Å². The molecule has 110 valence electrons. The van der Waals surface area contributed by atoms with Crippen LogP contribution in [0.3, 0.4) is 0 Å². The van der Waals surface area contributed by atoms with Crippen LogP contribution in [0.4, 0.5) is 0 Å². The smallest absolute Gasteiger partial charge is 0.196 e. The van der Waals surface area contributed by atoms with E-state index in [2.05, 4.69) is 34.7 Å². The van der Waals surface area contributed by atoms with E-state index in [1.165, 1.54) is 25.7 Å². The maximum atomic E-state index is 6.13. The van der Waals surface area contributed by atoms with Gasteiger partial charge in [0.15, 0.2) is 17.8 Å². The highest BCUT2D eigenvalue weighted by atomic mass is 16.5. The van der Waals surface area contributed by atoms with E-state index in [1.54, 1.807) is 0 Å². The van der Waals surface area contributed by atoms with Crippen LogP contribution in [0.2, 0.25) is 0 Å². The number of rotatable bonds is 6. The topological polar surface area (TPSA) is 27.1 Å². The summed E-state index contributed by atoms with van der Waals surface area (Å²) in [6.45, 7) is 2.24. The Morgan fingerprint density at radius 1 is 1.19 bits per heavy atom. The molecule has 21 heavy (non-hydrogen) atoms. The van der Waals surface area contributed by atoms with Crippen molar-refractivity contribution in [3.05, 3.63) is 60.2 Å². The van der Waals surface area contributed by atoms with Crippen molar-refractivity contribution >= 4 is 5.88 Å². The number of benzene rings is 1. The standard InChI is InChI=1S/C18H22N2O/c1-2-3-4-5-9-12-16-20-14-13-19-18(20)17(21-16)15-10-7-6-8-11-15/h6-8,10-14,17H,2-5,9H2,1H3/b16-12-. The highest BCUT2D eigenvalue weighted by Crippen LogP contribution is 2.36. The fourth-order valence-corrected chi connectivity index (χ4v) is 2.71. The van der Waals surface area contributed by atoms with Gasteiger partial charge < -0.3 is 4.74 Å². The number of unbranched alkanes of at least 4 members (excludes halogenated alkanes) is 4. The van der Waals surface area contributed by atoms with Crippen LogP contribution in [-0.4, -0.2) is 9.55 Å². The molecule has 0 bridgehead atoms. The van der Waals surface area contributed by atoms with E-state index in [-0.39, 0.29) is 6.10 Å². The second-order valence-electron chi connectivity index (χ2n) is 5.46. The number of aromatic nitrogens is 2. The second-order valence-corrected chi connectivity index (χ2v) is 5.46. The van der Waals surface area contributed by atoms with E-state index in [1.807, 2.05) is 30.6 Å². The number of ether oxygens (including phenoxy) is 1. The van der Waals surface area contributed by atoms with Crippen LogP contribution in [0.1, 0.15) is 56.5 Å². The highest BCUT2D eigenvalue weighted by molar-refractivity contribution is 5.46. The molecule has 1 aromatic heterocycles. The molecule has 1 aromatic carbocycles. The lowest BCUT2D eigenvalue weighted by molar-refractivity contribution is 0.221. The fourth-order valence-electron chi connectivity index (χ4n) is 2.71. The Kier molecular flexibility index (Phi) is 4.39. The molecule has 0 N–H and O–H groups in total. The average molecular weight is 282 g/mol. The lowest BCUT2D eigenvalue weighted by atomic mass is 10.1. The van der Waals surface area contributed by atoms with Crippen molar-refractivity contribution in [3.63, 3.8) is 0 Å². The van der Waals surface area contributed by atoms with Crippen molar-refractivity contribution in [3.8, 4) is 0 Å². The Balaban J connectivity index is 1.73. The van der Waals surface area contributed by atoms with Crippen molar-refractivity contribution in [2.45, 2.75) is 45.1 Å². The molecule has 0 fully saturated rings. The minimum absolute atomic E-state index is 0.0805. The van der Waals surface area contributed by atoms with Gasteiger partial charge in [0.1, 0.15) is 0 Å². The van der Waals surface area contributed by atoms with Crippen molar-refractivity contribution in [2.75, 3.05) is 0 Å². The van der Waals surface area contributed by atoms with Crippen LogP contribution < -0.4 is 0 Å². The average Bonchev–Trinajstić information content (AvgIpc) is 3.11. The van der Waals surface area contributed by atoms with Gasteiger partial charge >= 0.3 is 0 Å². The quantitative estimate of drug-likeness (QED) is 0.713. The number of fused-ring (bicyclic) bond motifs is 1. The van der Waals surface area contributed by atoms with Gasteiger partial charge in [-0.1, -0.05) is 56.5 Å². The van der Waals surface area contributed by atoms with E-state index < -0.39 is 0 Å². The molecule has 3 heteroatoms. The molecule has 3 rings (SSSR count). The zero-order chi connectivity index (χ0) is 14.5. The summed E-state index contributed by atoms with van der Waals surface area (Å²) < 4.78 is 8.19. The lowest BCUT2D eigenvalue weighted by Crippen LogP contribution is -1.99. The Morgan fingerprint density at radius 3 is 2.86 bits per heavy atom. The Labute approximate surface area is 126 Å². The minimum Gasteiger partial charge on any atom is -0.462 e. The Bertz CT molecular complexity index is 601. The first-order valence-electron chi connectivity index (χ1n) is 7.85. The number of nitrogens with zero attached hydrogens (tertiary/aromatic N) is 2. The molecule has 0 saturated carbocycles. The third-order valence-electron chi connectivity index (χ3n) is 3.86. The molecular formula is C18H22N2O. The number of hydrogen-bond donors (Lipinski definition) is 0. The maximum Gasteiger partial charge on any atom is 0.196 e. The van der Waals surface area contributed by atoms with Crippen molar-refractivity contribution in [2.24, 2.45) is 0 Å². The van der Waals surface area contributed by atoms with Crippen LogP contribution in [0.25, 0.3) is 5.88 Å². The van der Waals surface area contributed by atoms with E-state index in [0.717, 1.165) is 23.7 Å². The molecule has 2 heterocycles. The van der Waals surface area contributed by atoms with Crippen LogP contribution in [0, 0.1) is 0 Å². The predicted octanol–water partition coefficient (Wildman–Crippen LogP) is 4.77. The van der Waals surface area contributed by atoms with E-state index in [9.17, 15) is 0 Å². The van der Waals surface area contributed by atoms with Gasteiger partial charge in [0.25, 0.3) is 0 Å². The second kappa shape index (κ2) is 6.61. The summed E-state index contributed by atoms with van der Waals surface area (Å²) in [6.07, 6.45) is 12.1.